The first-order chi connectivity index (χ1) is 9.75. The highest BCUT2D eigenvalue weighted by Gasteiger charge is 2.52. The predicted molar refractivity (Wildman–Crippen MR) is 86.6 cm³/mol. The summed E-state index contributed by atoms with van der Waals surface area (Å²) >= 11 is 0. The van der Waals surface area contributed by atoms with E-state index in [0.717, 1.165) is 11.2 Å². The van der Waals surface area contributed by atoms with Crippen LogP contribution in [0.15, 0.2) is 23.8 Å². The fourth-order valence-corrected chi connectivity index (χ4v) is 2.09. The van der Waals surface area contributed by atoms with E-state index in [1.54, 1.807) is 6.20 Å². The highest BCUT2D eigenvalue weighted by molar-refractivity contribution is 6.55. The molecule has 0 atom stereocenters. The molecule has 0 unspecified atom stereocenters. The fourth-order valence-electron chi connectivity index (χ4n) is 2.09. The number of aromatic nitrogens is 1. The average Bonchev–Trinajstić information content (AvgIpc) is 2.60. The molecule has 0 aromatic carbocycles. The second-order valence-electron chi connectivity index (χ2n) is 6.35. The molecular weight excluding hydrogens is 265 g/mol. The van der Waals surface area contributed by atoms with Gasteiger partial charge in [-0.25, -0.2) is 0 Å². The number of hydrogen-bond acceptors (Lipinski definition) is 5. The molecule has 0 spiro atoms. The molecule has 21 heavy (non-hydrogen) atoms. The topological polar surface area (TPSA) is 69.4 Å². The highest BCUT2D eigenvalue weighted by atomic mass is 16.7. The Kier molecular flexibility index (Phi) is 4.42. The van der Waals surface area contributed by atoms with E-state index in [4.69, 9.17) is 15.0 Å². The third-order valence-corrected chi connectivity index (χ3v) is 4.08. The van der Waals surface area contributed by atoms with E-state index >= 15 is 0 Å². The number of nitrogens with zero attached hydrogens (tertiary/aromatic N) is 1. The van der Waals surface area contributed by atoms with E-state index in [1.165, 1.54) is 0 Å². The number of rotatable bonds is 4. The minimum atomic E-state index is -0.373. The third kappa shape index (κ3) is 3.45. The first-order valence-electron chi connectivity index (χ1n) is 7.17. The molecule has 6 heteroatoms. The van der Waals surface area contributed by atoms with Gasteiger partial charge in [-0.3, -0.25) is 4.98 Å². The van der Waals surface area contributed by atoms with E-state index in [0.29, 0.717) is 12.2 Å². The van der Waals surface area contributed by atoms with Crippen LogP contribution >= 0.6 is 0 Å². The lowest BCUT2D eigenvalue weighted by Gasteiger charge is -2.32. The molecule has 1 aromatic rings. The van der Waals surface area contributed by atoms with Crippen molar-refractivity contribution in [3.05, 3.63) is 29.5 Å². The predicted octanol–water partition coefficient (Wildman–Crippen LogP) is 1.90. The average molecular weight is 289 g/mol. The number of pyridine rings is 1. The molecule has 1 aliphatic heterocycles. The summed E-state index contributed by atoms with van der Waals surface area (Å²) in [5, 5.41) is 3.15. The second-order valence-corrected chi connectivity index (χ2v) is 6.35. The maximum absolute atomic E-state index is 6.09. The van der Waals surface area contributed by atoms with Crippen molar-refractivity contribution in [1.29, 1.82) is 0 Å². The molecule has 5 nitrogen and oxygen atoms in total. The molecule has 0 aliphatic carbocycles. The van der Waals surface area contributed by atoms with E-state index in [-0.39, 0.29) is 18.3 Å². The minimum absolute atomic E-state index is 0.348. The molecule has 1 saturated heterocycles. The summed E-state index contributed by atoms with van der Waals surface area (Å²) < 4.78 is 12.2. The van der Waals surface area contributed by atoms with Gasteiger partial charge in [0.05, 0.1) is 28.8 Å². The van der Waals surface area contributed by atoms with Gasteiger partial charge in [0.1, 0.15) is 0 Å². The van der Waals surface area contributed by atoms with Gasteiger partial charge in [0.25, 0.3) is 0 Å². The van der Waals surface area contributed by atoms with Gasteiger partial charge in [0.2, 0.25) is 0 Å². The summed E-state index contributed by atoms with van der Waals surface area (Å²) in [6.45, 7) is 8.86. The van der Waals surface area contributed by atoms with Gasteiger partial charge < -0.3 is 20.4 Å². The van der Waals surface area contributed by atoms with Crippen molar-refractivity contribution in [3.63, 3.8) is 0 Å². The number of likely N-dealkylation sites (N-methyl/N-ethyl adjacent to an activating group) is 1. The Labute approximate surface area is 127 Å². The zero-order chi connectivity index (χ0) is 15.7. The maximum Gasteiger partial charge on any atom is 0.491 e. The van der Waals surface area contributed by atoms with Crippen LogP contribution in [0.1, 0.15) is 33.4 Å². The van der Waals surface area contributed by atoms with Crippen molar-refractivity contribution in [3.8, 4) is 0 Å². The molecule has 0 saturated carbocycles. The van der Waals surface area contributed by atoms with E-state index in [9.17, 15) is 0 Å². The first kappa shape index (κ1) is 16.0. The number of nitrogen functional groups attached to an aromatic ring is 1. The van der Waals surface area contributed by atoms with E-state index in [1.807, 2.05) is 53.0 Å². The Balaban J connectivity index is 2.26. The lowest BCUT2D eigenvalue weighted by molar-refractivity contribution is 0.00578. The quantitative estimate of drug-likeness (QED) is 0.828. The molecule has 1 aliphatic rings. The van der Waals surface area contributed by atoms with Crippen LogP contribution in [0.25, 0.3) is 6.08 Å². The number of anilines is 1. The lowest BCUT2D eigenvalue weighted by atomic mass is 9.77. The Morgan fingerprint density at radius 3 is 2.38 bits per heavy atom. The summed E-state index contributed by atoms with van der Waals surface area (Å²) in [6, 6.07) is 3.72. The van der Waals surface area contributed by atoms with Crippen LogP contribution < -0.4 is 11.1 Å². The first-order valence-corrected chi connectivity index (χ1v) is 7.17. The van der Waals surface area contributed by atoms with Crippen LogP contribution in [0.3, 0.4) is 0 Å². The van der Waals surface area contributed by atoms with Gasteiger partial charge >= 0.3 is 7.12 Å². The van der Waals surface area contributed by atoms with Crippen LogP contribution in [0.2, 0.25) is 0 Å². The van der Waals surface area contributed by atoms with Gasteiger partial charge in [0, 0.05) is 6.54 Å². The monoisotopic (exact) mass is 289 g/mol. The van der Waals surface area contributed by atoms with Crippen molar-refractivity contribution in [2.24, 2.45) is 0 Å². The van der Waals surface area contributed by atoms with Crippen molar-refractivity contribution >= 4 is 18.9 Å². The minimum Gasteiger partial charge on any atom is -0.400 e. The molecule has 2 heterocycles. The van der Waals surface area contributed by atoms with Gasteiger partial charge in [0.15, 0.2) is 0 Å². The summed E-state index contributed by atoms with van der Waals surface area (Å²) in [7, 11) is 1.52. The van der Waals surface area contributed by atoms with E-state index in [2.05, 4.69) is 10.3 Å². The summed E-state index contributed by atoms with van der Waals surface area (Å²) in [5.41, 5.74) is 7.46. The number of nitrogens with two attached hydrogens (primary N) is 1. The number of hydrogen-bond donors (Lipinski definition) is 2. The molecular formula is C15H24BN3O2. The Morgan fingerprint density at radius 2 is 1.90 bits per heavy atom. The van der Waals surface area contributed by atoms with Gasteiger partial charge in [-0.2, -0.15) is 0 Å². The summed E-state index contributed by atoms with van der Waals surface area (Å²) in [6.07, 6.45) is 3.63. The Hall–Kier alpha value is -1.37. The van der Waals surface area contributed by atoms with Crippen LogP contribution in [0.4, 0.5) is 5.69 Å². The SMILES string of the molecule is CNCC(=Cc1ccc(N)cn1)B1OC(C)(C)C(C)(C)O1. The smallest absolute Gasteiger partial charge is 0.400 e. The standard InChI is InChI=1S/C15H24BN3O2/c1-14(2)15(3,4)21-16(20-14)11(9-18-5)8-13-7-6-12(17)10-19-13/h6-8,10,18H,9,17H2,1-5H3. The van der Waals surface area contributed by atoms with Crippen LogP contribution in [-0.4, -0.2) is 36.9 Å². The van der Waals surface area contributed by atoms with Crippen molar-refractivity contribution in [2.45, 2.75) is 38.9 Å². The lowest BCUT2D eigenvalue weighted by Crippen LogP contribution is -2.41. The van der Waals surface area contributed by atoms with E-state index < -0.39 is 0 Å². The Bertz CT molecular complexity index is 510. The fraction of sp³-hybridized carbons (Fsp3) is 0.533. The number of nitrogens with one attached hydrogen (secondary N) is 1. The maximum atomic E-state index is 6.09. The molecule has 114 valence electrons. The van der Waals surface area contributed by atoms with Crippen LogP contribution in [0.5, 0.6) is 0 Å². The van der Waals surface area contributed by atoms with Gasteiger partial charge in [-0.1, -0.05) is 0 Å². The zero-order valence-corrected chi connectivity index (χ0v) is 13.4. The summed E-state index contributed by atoms with van der Waals surface area (Å²) in [5.74, 6) is 0. The molecule has 3 N–H and O–H groups in total. The van der Waals surface area contributed by atoms with Crippen molar-refractivity contribution in [2.75, 3.05) is 19.3 Å². The molecule has 0 bridgehead atoms. The van der Waals surface area contributed by atoms with Gasteiger partial charge in [-0.05, 0) is 58.4 Å². The highest BCUT2D eigenvalue weighted by Crippen LogP contribution is 2.38. The third-order valence-electron chi connectivity index (χ3n) is 4.08. The normalized spacial score (nSPS) is 20.8. The molecule has 0 radical (unpaired) electrons. The molecule has 1 aromatic heterocycles. The molecule has 2 rings (SSSR count). The van der Waals surface area contributed by atoms with Crippen molar-refractivity contribution in [1.82, 2.24) is 10.3 Å². The van der Waals surface area contributed by atoms with Crippen LogP contribution in [-0.2, 0) is 9.31 Å². The second kappa shape index (κ2) is 5.79. The molecule has 1 fully saturated rings. The zero-order valence-electron chi connectivity index (χ0n) is 13.4. The van der Waals surface area contributed by atoms with Crippen molar-refractivity contribution < 1.29 is 9.31 Å². The van der Waals surface area contributed by atoms with Gasteiger partial charge in [-0.15, -0.1) is 0 Å². The van der Waals surface area contributed by atoms with Crippen LogP contribution in [0, 0.1) is 0 Å². The largest absolute Gasteiger partial charge is 0.491 e. The summed E-state index contributed by atoms with van der Waals surface area (Å²) in [4.78, 5) is 4.30. The Morgan fingerprint density at radius 1 is 1.29 bits per heavy atom. The molecule has 0 amide bonds.